The Morgan fingerprint density at radius 3 is 2.54 bits per heavy atom. The Bertz CT molecular complexity index is 713. The van der Waals surface area contributed by atoms with Gasteiger partial charge in [-0.05, 0) is 50.3 Å². The van der Waals surface area contributed by atoms with Crippen LogP contribution in [-0.4, -0.2) is 43.2 Å². The summed E-state index contributed by atoms with van der Waals surface area (Å²) in [6.07, 6.45) is -0.432. The maximum atomic E-state index is 13.9. The van der Waals surface area contributed by atoms with Gasteiger partial charge >= 0.3 is 6.18 Å². The minimum absolute atomic E-state index is 0.0235. The first kappa shape index (κ1) is 20.3. The fourth-order valence-electron chi connectivity index (χ4n) is 3.02. The Labute approximate surface area is 152 Å². The van der Waals surface area contributed by atoms with Crippen LogP contribution >= 0.6 is 0 Å². The Balaban J connectivity index is 2.60. The van der Waals surface area contributed by atoms with E-state index in [1.54, 1.807) is 13.3 Å². The molecule has 1 unspecified atom stereocenters. The van der Waals surface area contributed by atoms with Gasteiger partial charge in [0.25, 0.3) is 0 Å². The molecule has 0 amide bonds. The SMILES string of the molecule is CCN(C)C=Nc1cc(OC)c(C(O)(C2=CCCC2)C(F)(F)F)cc1C. The van der Waals surface area contributed by atoms with Crippen LogP contribution in [0.4, 0.5) is 18.9 Å². The first-order chi connectivity index (χ1) is 12.1. The number of aryl methyl sites for hydroxylation is 1. The molecule has 4 nitrogen and oxygen atoms in total. The van der Waals surface area contributed by atoms with E-state index < -0.39 is 11.8 Å². The van der Waals surface area contributed by atoms with E-state index in [4.69, 9.17) is 4.74 Å². The van der Waals surface area contributed by atoms with E-state index in [1.807, 2.05) is 18.9 Å². The molecular weight excluding hydrogens is 345 g/mol. The van der Waals surface area contributed by atoms with Crippen LogP contribution in [-0.2, 0) is 5.60 Å². The molecule has 26 heavy (non-hydrogen) atoms. The number of hydrogen-bond acceptors (Lipinski definition) is 3. The molecule has 0 heterocycles. The maximum Gasteiger partial charge on any atom is 0.425 e. The van der Waals surface area contributed by atoms with Crippen molar-refractivity contribution in [3.63, 3.8) is 0 Å². The van der Waals surface area contributed by atoms with E-state index in [0.717, 1.165) is 6.54 Å². The fourth-order valence-corrected chi connectivity index (χ4v) is 3.02. The van der Waals surface area contributed by atoms with Gasteiger partial charge < -0.3 is 14.7 Å². The predicted octanol–water partition coefficient (Wildman–Crippen LogP) is 4.48. The number of alkyl halides is 3. The van der Waals surface area contributed by atoms with Gasteiger partial charge in [-0.2, -0.15) is 13.2 Å². The van der Waals surface area contributed by atoms with Crippen LogP contribution in [0.5, 0.6) is 5.75 Å². The molecule has 1 atom stereocenters. The fraction of sp³-hybridized carbons (Fsp3) is 0.526. The summed E-state index contributed by atoms with van der Waals surface area (Å²) in [5.74, 6) is -0.0328. The van der Waals surface area contributed by atoms with Crippen molar-refractivity contribution in [2.24, 2.45) is 4.99 Å². The molecule has 1 aromatic rings. The van der Waals surface area contributed by atoms with Gasteiger partial charge in [-0.3, -0.25) is 0 Å². The number of allylic oxidation sites excluding steroid dienone is 1. The van der Waals surface area contributed by atoms with Crippen LogP contribution in [0, 0.1) is 6.92 Å². The molecular formula is C19H25F3N2O2. The lowest BCUT2D eigenvalue weighted by Gasteiger charge is -2.34. The van der Waals surface area contributed by atoms with Gasteiger partial charge in [0.1, 0.15) is 5.75 Å². The van der Waals surface area contributed by atoms with E-state index in [1.165, 1.54) is 25.3 Å². The molecule has 0 bridgehead atoms. The zero-order valence-electron chi connectivity index (χ0n) is 15.5. The predicted molar refractivity (Wildman–Crippen MR) is 96.1 cm³/mol. The number of nitrogens with zero attached hydrogens (tertiary/aromatic N) is 2. The smallest absolute Gasteiger partial charge is 0.425 e. The maximum absolute atomic E-state index is 13.9. The minimum Gasteiger partial charge on any atom is -0.496 e. The second-order valence-corrected chi connectivity index (χ2v) is 6.49. The van der Waals surface area contributed by atoms with Crippen LogP contribution in [0.15, 0.2) is 28.8 Å². The van der Waals surface area contributed by atoms with Gasteiger partial charge in [0, 0.05) is 25.2 Å². The van der Waals surface area contributed by atoms with E-state index >= 15 is 0 Å². The summed E-state index contributed by atoms with van der Waals surface area (Å²) in [4.78, 5) is 6.15. The van der Waals surface area contributed by atoms with E-state index in [-0.39, 0.29) is 23.3 Å². The number of ether oxygens (including phenoxy) is 1. The number of rotatable bonds is 6. The van der Waals surface area contributed by atoms with Crippen molar-refractivity contribution in [3.8, 4) is 5.75 Å². The Morgan fingerprint density at radius 2 is 2.04 bits per heavy atom. The van der Waals surface area contributed by atoms with Crippen molar-refractivity contribution in [2.75, 3.05) is 20.7 Å². The highest BCUT2D eigenvalue weighted by molar-refractivity contribution is 5.66. The summed E-state index contributed by atoms with van der Waals surface area (Å²) in [7, 11) is 3.14. The first-order valence-electron chi connectivity index (χ1n) is 8.57. The van der Waals surface area contributed by atoms with Crippen molar-refractivity contribution >= 4 is 12.0 Å². The summed E-state index contributed by atoms with van der Waals surface area (Å²) in [6.45, 7) is 4.38. The van der Waals surface area contributed by atoms with Crippen molar-refractivity contribution < 1.29 is 23.0 Å². The summed E-state index contributed by atoms with van der Waals surface area (Å²) in [6, 6.07) is 2.76. The average molecular weight is 370 g/mol. The van der Waals surface area contributed by atoms with Gasteiger partial charge in [-0.15, -0.1) is 0 Å². The van der Waals surface area contributed by atoms with E-state index in [2.05, 4.69) is 4.99 Å². The second-order valence-electron chi connectivity index (χ2n) is 6.49. The lowest BCUT2D eigenvalue weighted by molar-refractivity contribution is -0.251. The highest BCUT2D eigenvalue weighted by atomic mass is 19.4. The lowest BCUT2D eigenvalue weighted by Crippen LogP contribution is -2.44. The quantitative estimate of drug-likeness (QED) is 0.456. The summed E-state index contributed by atoms with van der Waals surface area (Å²) in [5, 5.41) is 10.8. The number of methoxy groups -OCH3 is 1. The van der Waals surface area contributed by atoms with Crippen molar-refractivity contribution in [1.82, 2.24) is 4.90 Å². The molecule has 0 radical (unpaired) electrons. The number of aliphatic imine (C=N–C) groups is 1. The van der Waals surface area contributed by atoms with E-state index in [0.29, 0.717) is 24.1 Å². The molecule has 0 aliphatic heterocycles. The Kier molecular flexibility index (Phi) is 6.01. The van der Waals surface area contributed by atoms with Crippen molar-refractivity contribution in [1.29, 1.82) is 0 Å². The van der Waals surface area contributed by atoms with Gasteiger partial charge in [0.15, 0.2) is 0 Å². The topological polar surface area (TPSA) is 45.1 Å². The molecule has 1 N–H and O–H groups in total. The van der Waals surface area contributed by atoms with Crippen LogP contribution in [0.3, 0.4) is 0 Å². The molecule has 2 rings (SSSR count). The monoisotopic (exact) mass is 370 g/mol. The van der Waals surface area contributed by atoms with Crippen LogP contribution in [0.2, 0.25) is 0 Å². The zero-order valence-corrected chi connectivity index (χ0v) is 15.5. The Morgan fingerprint density at radius 1 is 1.35 bits per heavy atom. The second kappa shape index (κ2) is 7.70. The number of halogens is 3. The minimum atomic E-state index is -4.85. The average Bonchev–Trinajstić information content (AvgIpc) is 3.13. The number of benzene rings is 1. The highest BCUT2D eigenvalue weighted by Gasteiger charge is 2.58. The van der Waals surface area contributed by atoms with Gasteiger partial charge in [0.2, 0.25) is 5.60 Å². The highest BCUT2D eigenvalue weighted by Crippen LogP contribution is 2.51. The lowest BCUT2D eigenvalue weighted by atomic mass is 9.83. The number of aliphatic hydroxyl groups is 1. The molecule has 7 heteroatoms. The normalized spacial score (nSPS) is 17.3. The number of hydrogen-bond donors (Lipinski definition) is 1. The standard InChI is InChI=1S/C19H25F3N2O2/c1-5-24(3)12-23-16-11-17(26-4)15(10-13(16)2)18(25,19(20,21)22)14-8-6-7-9-14/h8,10-12,25H,5-7,9H2,1-4H3. The zero-order chi connectivity index (χ0) is 19.5. The summed E-state index contributed by atoms with van der Waals surface area (Å²) >= 11 is 0. The summed E-state index contributed by atoms with van der Waals surface area (Å²) < 4.78 is 46.9. The van der Waals surface area contributed by atoms with Crippen molar-refractivity contribution in [3.05, 3.63) is 34.9 Å². The third-order valence-corrected chi connectivity index (χ3v) is 4.72. The largest absolute Gasteiger partial charge is 0.496 e. The van der Waals surface area contributed by atoms with Crippen LogP contribution in [0.1, 0.15) is 37.3 Å². The molecule has 0 aromatic heterocycles. The molecule has 144 valence electrons. The van der Waals surface area contributed by atoms with Crippen molar-refractivity contribution in [2.45, 2.75) is 44.9 Å². The molecule has 0 saturated heterocycles. The molecule has 0 saturated carbocycles. The van der Waals surface area contributed by atoms with Gasteiger partial charge in [-0.25, -0.2) is 4.99 Å². The first-order valence-corrected chi connectivity index (χ1v) is 8.57. The summed E-state index contributed by atoms with van der Waals surface area (Å²) in [5.41, 5.74) is -2.34. The molecule has 1 aliphatic rings. The van der Waals surface area contributed by atoms with E-state index in [9.17, 15) is 18.3 Å². The molecule has 1 aliphatic carbocycles. The Hall–Kier alpha value is -2.02. The van der Waals surface area contributed by atoms with Gasteiger partial charge in [-0.1, -0.05) is 6.08 Å². The third kappa shape index (κ3) is 3.72. The van der Waals surface area contributed by atoms with Gasteiger partial charge in [0.05, 0.1) is 19.1 Å². The van der Waals surface area contributed by atoms with Crippen LogP contribution < -0.4 is 4.74 Å². The molecule has 1 aromatic carbocycles. The molecule has 0 fully saturated rings. The third-order valence-electron chi connectivity index (χ3n) is 4.72. The van der Waals surface area contributed by atoms with Crippen LogP contribution in [0.25, 0.3) is 0 Å². The molecule has 0 spiro atoms.